The van der Waals surface area contributed by atoms with Crippen LogP contribution in [-0.4, -0.2) is 28.6 Å². The minimum Gasteiger partial charge on any atom is -0.520 e. The van der Waals surface area contributed by atoms with Gasteiger partial charge in [0.15, 0.2) is 0 Å². The Morgan fingerprint density at radius 2 is 1.56 bits per heavy atom. The summed E-state index contributed by atoms with van der Waals surface area (Å²) >= 11 is 0. The molecule has 92 valence electrons. The van der Waals surface area contributed by atoms with Gasteiger partial charge < -0.3 is 8.85 Å². The minimum atomic E-state index is -2.29. The van der Waals surface area contributed by atoms with Gasteiger partial charge in [0.2, 0.25) is 8.32 Å². The highest BCUT2D eigenvalue weighted by atomic mass is 28.4. The second-order valence-electron chi connectivity index (χ2n) is 4.64. The summed E-state index contributed by atoms with van der Waals surface area (Å²) < 4.78 is 10.6. The van der Waals surface area contributed by atoms with Crippen molar-refractivity contribution in [2.45, 2.75) is 39.2 Å². The van der Waals surface area contributed by atoms with Gasteiger partial charge in [-0.2, -0.15) is 0 Å². The highest BCUT2D eigenvalue weighted by molar-refractivity contribution is 6.93. The molecule has 6 heteroatoms. The molecule has 0 saturated carbocycles. The average molecular weight is 260 g/mol. The van der Waals surface area contributed by atoms with Crippen LogP contribution in [0.5, 0.6) is 0 Å². The largest absolute Gasteiger partial charge is 0.520 e. The Kier molecular flexibility index (Phi) is 5.14. The fourth-order valence-electron chi connectivity index (χ4n) is 1.75. The first-order valence-electron chi connectivity index (χ1n) is 5.13. The number of carbonyl (C=O) groups excluding carboxylic acids is 2. The molecule has 0 fully saturated rings. The van der Waals surface area contributed by atoms with Gasteiger partial charge in [-0.15, -0.1) is 6.58 Å². The molecule has 0 N–H and O–H groups in total. The highest BCUT2D eigenvalue weighted by Gasteiger charge is 2.40. The van der Waals surface area contributed by atoms with Gasteiger partial charge in [0.25, 0.3) is 20.3 Å². The lowest BCUT2D eigenvalue weighted by atomic mass is 10.9. The van der Waals surface area contributed by atoms with E-state index in [1.807, 2.05) is 19.6 Å². The number of carbonyl (C=O) groups is 2. The van der Waals surface area contributed by atoms with Crippen molar-refractivity contribution in [1.82, 2.24) is 0 Å². The molecule has 0 aliphatic rings. The van der Waals surface area contributed by atoms with Crippen LogP contribution in [0.3, 0.4) is 0 Å². The molecule has 0 rings (SSSR count). The van der Waals surface area contributed by atoms with E-state index in [2.05, 4.69) is 6.58 Å². The van der Waals surface area contributed by atoms with Gasteiger partial charge >= 0.3 is 0 Å². The van der Waals surface area contributed by atoms with E-state index in [1.165, 1.54) is 13.8 Å². The Morgan fingerprint density at radius 1 is 1.12 bits per heavy atom. The summed E-state index contributed by atoms with van der Waals surface area (Å²) in [7, 11) is -4.42. The second kappa shape index (κ2) is 5.44. The van der Waals surface area contributed by atoms with Crippen molar-refractivity contribution >= 4 is 28.6 Å². The number of hydrogen-bond acceptors (Lipinski definition) is 4. The van der Waals surface area contributed by atoms with Gasteiger partial charge in [-0.25, -0.2) is 0 Å². The molecule has 0 aliphatic carbocycles. The quantitative estimate of drug-likeness (QED) is 0.711. The van der Waals surface area contributed by atoms with Crippen molar-refractivity contribution in [3.63, 3.8) is 0 Å². The Labute approximate surface area is 98.9 Å². The lowest BCUT2D eigenvalue weighted by Crippen LogP contribution is -2.46. The molecular formula is C10H20O4Si2. The topological polar surface area (TPSA) is 52.6 Å². The van der Waals surface area contributed by atoms with Gasteiger partial charge in [-0.3, -0.25) is 9.59 Å². The summed E-state index contributed by atoms with van der Waals surface area (Å²) in [6, 6.07) is 0. The zero-order valence-electron chi connectivity index (χ0n) is 10.6. The molecule has 1 atom stereocenters. The molecule has 0 radical (unpaired) electrons. The fraction of sp³-hybridized carbons (Fsp3) is 0.600. The van der Waals surface area contributed by atoms with Crippen LogP contribution in [0.2, 0.25) is 25.3 Å². The first kappa shape index (κ1) is 15.1. The van der Waals surface area contributed by atoms with Crippen molar-refractivity contribution in [1.29, 1.82) is 0 Å². The van der Waals surface area contributed by atoms with Crippen LogP contribution < -0.4 is 0 Å². The standard InChI is InChI=1S/C10H20O4Si2/c1-7-16(6,14-10(3)12)8-15(4,5)13-9(2)11/h7H,1,8H2,2-6H3. The van der Waals surface area contributed by atoms with Crippen LogP contribution in [0.1, 0.15) is 13.8 Å². The van der Waals surface area contributed by atoms with Crippen LogP contribution in [0.25, 0.3) is 0 Å². The van der Waals surface area contributed by atoms with Gasteiger partial charge in [-0.1, -0.05) is 5.70 Å². The maximum atomic E-state index is 11.0. The minimum absolute atomic E-state index is 0.278. The zero-order chi connectivity index (χ0) is 13.0. The third-order valence-corrected chi connectivity index (χ3v) is 10.7. The van der Waals surface area contributed by atoms with Gasteiger partial charge in [0.05, 0.1) is 0 Å². The van der Waals surface area contributed by atoms with E-state index in [0.717, 1.165) is 0 Å². The van der Waals surface area contributed by atoms with Crippen LogP contribution >= 0.6 is 0 Å². The summed E-state index contributed by atoms with van der Waals surface area (Å²) in [5, 5.41) is 0. The first-order valence-corrected chi connectivity index (χ1v) is 10.9. The zero-order valence-corrected chi connectivity index (χ0v) is 12.6. The fourth-order valence-corrected chi connectivity index (χ4v) is 11.2. The van der Waals surface area contributed by atoms with Crippen molar-refractivity contribution in [3.05, 3.63) is 12.3 Å². The van der Waals surface area contributed by atoms with Crippen molar-refractivity contribution in [2.24, 2.45) is 0 Å². The van der Waals surface area contributed by atoms with Crippen molar-refractivity contribution < 1.29 is 18.4 Å². The Bertz CT molecular complexity index is 301. The number of hydrogen-bond donors (Lipinski definition) is 0. The van der Waals surface area contributed by atoms with E-state index in [-0.39, 0.29) is 11.9 Å². The molecule has 0 aliphatic heterocycles. The Balaban J connectivity index is 4.69. The molecule has 0 aromatic carbocycles. The molecule has 0 amide bonds. The maximum Gasteiger partial charge on any atom is 0.289 e. The normalized spacial score (nSPS) is 14.8. The summed E-state index contributed by atoms with van der Waals surface area (Å²) in [6.45, 7) is 12.3. The van der Waals surface area contributed by atoms with E-state index in [0.29, 0.717) is 5.67 Å². The Hall–Kier alpha value is -0.886. The summed E-state index contributed by atoms with van der Waals surface area (Å²) in [4.78, 5) is 21.9. The predicted octanol–water partition coefficient (Wildman–Crippen LogP) is 2.16. The highest BCUT2D eigenvalue weighted by Crippen LogP contribution is 2.23. The van der Waals surface area contributed by atoms with Crippen LogP contribution in [-0.2, 0) is 18.4 Å². The summed E-state index contributed by atoms with van der Waals surface area (Å²) in [6.07, 6.45) is 0. The third kappa shape index (κ3) is 5.87. The molecule has 0 heterocycles. The molecule has 0 spiro atoms. The molecule has 0 saturated heterocycles. The van der Waals surface area contributed by atoms with E-state index in [4.69, 9.17) is 8.85 Å². The van der Waals surface area contributed by atoms with Gasteiger partial charge in [-0.05, 0) is 19.6 Å². The van der Waals surface area contributed by atoms with E-state index >= 15 is 0 Å². The third-order valence-electron chi connectivity index (χ3n) is 2.01. The molecule has 16 heavy (non-hydrogen) atoms. The Morgan fingerprint density at radius 3 is 1.88 bits per heavy atom. The maximum absolute atomic E-state index is 11.0. The van der Waals surface area contributed by atoms with Crippen LogP contribution in [0.15, 0.2) is 12.3 Å². The second-order valence-corrected chi connectivity index (χ2v) is 13.0. The first-order chi connectivity index (χ1) is 7.10. The molecular weight excluding hydrogens is 240 g/mol. The molecule has 0 aromatic heterocycles. The van der Waals surface area contributed by atoms with E-state index in [1.54, 1.807) is 5.70 Å². The number of rotatable bonds is 5. The van der Waals surface area contributed by atoms with Crippen molar-refractivity contribution in [3.8, 4) is 0 Å². The van der Waals surface area contributed by atoms with Crippen molar-refractivity contribution in [2.75, 3.05) is 0 Å². The molecule has 0 bridgehead atoms. The van der Waals surface area contributed by atoms with Gasteiger partial charge in [0, 0.05) is 19.5 Å². The smallest absolute Gasteiger partial charge is 0.289 e. The monoisotopic (exact) mass is 260 g/mol. The van der Waals surface area contributed by atoms with E-state index in [9.17, 15) is 9.59 Å². The summed E-state index contributed by atoms with van der Waals surface area (Å²) in [5.41, 5.74) is 2.36. The molecule has 4 nitrogen and oxygen atoms in total. The SMILES string of the molecule is C=C[Si](C)(C[Si](C)(C)OC(C)=O)OC(C)=O. The predicted molar refractivity (Wildman–Crippen MR) is 67.6 cm³/mol. The lowest BCUT2D eigenvalue weighted by molar-refractivity contribution is -0.133. The van der Waals surface area contributed by atoms with Crippen LogP contribution in [0, 0.1) is 0 Å². The molecule has 0 aromatic rings. The van der Waals surface area contributed by atoms with E-state index < -0.39 is 16.6 Å². The average Bonchev–Trinajstić information content (AvgIpc) is 1.98. The molecule has 1 unspecified atom stereocenters. The van der Waals surface area contributed by atoms with Crippen LogP contribution in [0.4, 0.5) is 0 Å². The summed E-state index contributed by atoms with van der Waals surface area (Å²) in [5.74, 6) is -0.582. The van der Waals surface area contributed by atoms with Gasteiger partial charge in [0.1, 0.15) is 0 Å². The lowest BCUT2D eigenvalue weighted by Gasteiger charge is -2.30.